The maximum absolute atomic E-state index is 15.6. The molecular weight excluding hydrogens is 440 g/mol. The number of rotatable bonds is 5. The molecule has 4 rings (SSSR count). The molecule has 9 heteroatoms. The lowest BCUT2D eigenvalue weighted by atomic mass is 9.79. The summed E-state index contributed by atoms with van der Waals surface area (Å²) >= 11 is 1.32. The number of aromatic nitrogens is 3. The fraction of sp³-hybridized carbons (Fsp3) is 0.435. The zero-order chi connectivity index (χ0) is 22.9. The van der Waals surface area contributed by atoms with Gasteiger partial charge in [0.15, 0.2) is 5.67 Å². The van der Waals surface area contributed by atoms with Gasteiger partial charge in [-0.05, 0) is 61.9 Å². The second kappa shape index (κ2) is 8.77. The van der Waals surface area contributed by atoms with E-state index in [4.69, 9.17) is 0 Å². The maximum atomic E-state index is 15.6. The van der Waals surface area contributed by atoms with E-state index in [2.05, 4.69) is 20.3 Å². The van der Waals surface area contributed by atoms with E-state index in [0.29, 0.717) is 10.7 Å². The Morgan fingerprint density at radius 3 is 2.50 bits per heavy atom. The Balaban J connectivity index is 1.59. The summed E-state index contributed by atoms with van der Waals surface area (Å²) in [5, 5.41) is 3.31. The standard InChI is InChI=1S/C23H24F4N4S/c1-14-10-15(12-17(11-14)30-21-28-9-8-19(31-21)23(25,26)27)18-13-29-20(32-18)22(2,24)16-6-4-3-5-7-16/h8-13,16H,3-7H2,1-2H3,(H,28,30,31)/t22-/m1/s1. The van der Waals surface area contributed by atoms with Gasteiger partial charge in [-0.2, -0.15) is 13.2 Å². The number of alkyl halides is 4. The lowest BCUT2D eigenvalue weighted by Gasteiger charge is -2.31. The van der Waals surface area contributed by atoms with Crippen molar-refractivity contribution >= 4 is 23.0 Å². The average molecular weight is 465 g/mol. The normalized spacial score (nSPS) is 17.2. The highest BCUT2D eigenvalue weighted by Crippen LogP contribution is 2.45. The van der Waals surface area contributed by atoms with Crippen molar-refractivity contribution in [2.24, 2.45) is 5.92 Å². The van der Waals surface area contributed by atoms with Crippen molar-refractivity contribution in [1.29, 1.82) is 0 Å². The number of benzene rings is 1. The monoisotopic (exact) mass is 464 g/mol. The largest absolute Gasteiger partial charge is 0.433 e. The van der Waals surface area contributed by atoms with Crippen LogP contribution in [0.4, 0.5) is 29.2 Å². The summed E-state index contributed by atoms with van der Waals surface area (Å²) in [6.07, 6.45) is 3.18. The van der Waals surface area contributed by atoms with Crippen LogP contribution in [0.25, 0.3) is 10.4 Å². The van der Waals surface area contributed by atoms with Gasteiger partial charge in [0.1, 0.15) is 10.7 Å². The summed E-state index contributed by atoms with van der Waals surface area (Å²) in [6, 6.07) is 6.33. The molecule has 1 aliphatic carbocycles. The molecule has 1 fully saturated rings. The number of halogens is 4. The molecule has 0 aliphatic heterocycles. The van der Waals surface area contributed by atoms with Crippen molar-refractivity contribution in [2.45, 2.75) is 57.8 Å². The van der Waals surface area contributed by atoms with Crippen LogP contribution < -0.4 is 5.32 Å². The molecule has 2 heterocycles. The molecule has 0 bridgehead atoms. The fourth-order valence-corrected chi connectivity index (χ4v) is 5.18. The molecule has 170 valence electrons. The van der Waals surface area contributed by atoms with Crippen LogP contribution in [0.5, 0.6) is 0 Å². The minimum atomic E-state index is -4.55. The van der Waals surface area contributed by atoms with E-state index >= 15 is 4.39 Å². The predicted molar refractivity (Wildman–Crippen MR) is 118 cm³/mol. The Morgan fingerprint density at radius 1 is 1.03 bits per heavy atom. The van der Waals surface area contributed by atoms with Crippen LogP contribution >= 0.6 is 11.3 Å². The van der Waals surface area contributed by atoms with E-state index in [9.17, 15) is 13.2 Å². The molecule has 1 aromatic carbocycles. The molecule has 0 unspecified atom stereocenters. The van der Waals surface area contributed by atoms with Crippen molar-refractivity contribution in [3.05, 3.63) is 52.9 Å². The van der Waals surface area contributed by atoms with Gasteiger partial charge in [-0.25, -0.2) is 19.3 Å². The Labute approximate surface area is 188 Å². The van der Waals surface area contributed by atoms with Crippen LogP contribution in [0, 0.1) is 12.8 Å². The summed E-state index contributed by atoms with van der Waals surface area (Å²) in [5.74, 6) is -0.168. The first kappa shape index (κ1) is 22.6. The van der Waals surface area contributed by atoms with Crippen LogP contribution in [0.1, 0.15) is 55.3 Å². The van der Waals surface area contributed by atoms with Gasteiger partial charge in [0.2, 0.25) is 5.95 Å². The number of hydrogen-bond acceptors (Lipinski definition) is 5. The van der Waals surface area contributed by atoms with Gasteiger partial charge < -0.3 is 5.32 Å². The minimum absolute atomic E-state index is 0.0250. The number of thiazole rings is 1. The van der Waals surface area contributed by atoms with E-state index < -0.39 is 17.5 Å². The van der Waals surface area contributed by atoms with Gasteiger partial charge in [-0.1, -0.05) is 25.3 Å². The molecule has 1 saturated carbocycles. The second-order valence-electron chi connectivity index (χ2n) is 8.42. The first-order chi connectivity index (χ1) is 15.1. The minimum Gasteiger partial charge on any atom is -0.324 e. The van der Waals surface area contributed by atoms with E-state index in [1.165, 1.54) is 11.3 Å². The van der Waals surface area contributed by atoms with Crippen molar-refractivity contribution in [1.82, 2.24) is 15.0 Å². The van der Waals surface area contributed by atoms with Gasteiger partial charge in [-0.15, -0.1) is 11.3 Å². The molecule has 2 aromatic heterocycles. The molecule has 1 N–H and O–H groups in total. The third-order valence-electron chi connectivity index (χ3n) is 5.86. The van der Waals surface area contributed by atoms with Crippen LogP contribution in [-0.2, 0) is 11.8 Å². The molecule has 0 amide bonds. The quantitative estimate of drug-likeness (QED) is 0.399. The van der Waals surface area contributed by atoms with Gasteiger partial charge in [0.25, 0.3) is 0 Å². The zero-order valence-electron chi connectivity index (χ0n) is 17.8. The van der Waals surface area contributed by atoms with Crippen molar-refractivity contribution in [3.8, 4) is 10.4 Å². The first-order valence-corrected chi connectivity index (χ1v) is 11.4. The molecule has 1 aliphatic rings. The topological polar surface area (TPSA) is 50.7 Å². The summed E-state index contributed by atoms with van der Waals surface area (Å²) in [7, 11) is 0. The van der Waals surface area contributed by atoms with Crippen LogP contribution in [0.2, 0.25) is 0 Å². The lowest BCUT2D eigenvalue weighted by Crippen LogP contribution is -2.28. The smallest absolute Gasteiger partial charge is 0.324 e. The molecule has 0 radical (unpaired) electrons. The van der Waals surface area contributed by atoms with Crippen LogP contribution in [-0.4, -0.2) is 15.0 Å². The Bertz CT molecular complexity index is 1090. The number of nitrogens with one attached hydrogen (secondary N) is 1. The van der Waals surface area contributed by atoms with Gasteiger partial charge in [-0.3, -0.25) is 0 Å². The molecule has 4 nitrogen and oxygen atoms in total. The molecule has 0 spiro atoms. The molecular formula is C23H24F4N4S. The zero-order valence-corrected chi connectivity index (χ0v) is 18.7. The van der Waals surface area contributed by atoms with Gasteiger partial charge >= 0.3 is 6.18 Å². The van der Waals surface area contributed by atoms with Gasteiger partial charge in [0.05, 0.1) is 4.88 Å². The highest BCUT2D eigenvalue weighted by molar-refractivity contribution is 7.15. The van der Waals surface area contributed by atoms with E-state index in [-0.39, 0.29) is 11.9 Å². The van der Waals surface area contributed by atoms with E-state index in [0.717, 1.165) is 60.4 Å². The van der Waals surface area contributed by atoms with Crippen LogP contribution in [0.3, 0.4) is 0 Å². The SMILES string of the molecule is Cc1cc(Nc2nccc(C(F)(F)F)n2)cc(-c2cnc([C@](C)(F)C3CCCCC3)s2)c1. The Kier molecular flexibility index (Phi) is 6.20. The first-order valence-electron chi connectivity index (χ1n) is 10.6. The van der Waals surface area contributed by atoms with E-state index in [1.807, 2.05) is 13.0 Å². The highest BCUT2D eigenvalue weighted by atomic mass is 32.1. The third kappa shape index (κ3) is 4.92. The maximum Gasteiger partial charge on any atom is 0.433 e. The number of hydrogen-bond donors (Lipinski definition) is 1. The number of aryl methyl sites for hydroxylation is 1. The highest BCUT2D eigenvalue weighted by Gasteiger charge is 2.39. The van der Waals surface area contributed by atoms with Crippen LogP contribution in [0.15, 0.2) is 36.7 Å². The van der Waals surface area contributed by atoms with Crippen molar-refractivity contribution < 1.29 is 17.6 Å². The molecule has 3 aromatic rings. The number of anilines is 2. The summed E-state index contributed by atoms with van der Waals surface area (Å²) in [6.45, 7) is 3.50. The Hall–Kier alpha value is -2.55. The summed E-state index contributed by atoms with van der Waals surface area (Å²) in [4.78, 5) is 12.6. The number of nitrogens with zero attached hydrogens (tertiary/aromatic N) is 3. The van der Waals surface area contributed by atoms with Crippen molar-refractivity contribution in [2.75, 3.05) is 5.32 Å². The second-order valence-corrected chi connectivity index (χ2v) is 9.45. The summed E-state index contributed by atoms with van der Waals surface area (Å²) in [5.41, 5.74) is -0.241. The average Bonchev–Trinajstić information content (AvgIpc) is 3.25. The summed E-state index contributed by atoms with van der Waals surface area (Å²) < 4.78 is 54.4. The molecule has 0 saturated heterocycles. The van der Waals surface area contributed by atoms with Crippen molar-refractivity contribution in [3.63, 3.8) is 0 Å². The molecule has 1 atom stereocenters. The van der Waals surface area contributed by atoms with E-state index in [1.54, 1.807) is 25.3 Å². The predicted octanol–water partition coefficient (Wildman–Crippen LogP) is 7.44. The molecule has 32 heavy (non-hydrogen) atoms. The lowest BCUT2D eigenvalue weighted by molar-refractivity contribution is -0.141. The van der Waals surface area contributed by atoms with Gasteiger partial charge in [0, 0.05) is 18.1 Å². The Morgan fingerprint density at radius 2 is 1.78 bits per heavy atom. The third-order valence-corrected chi connectivity index (χ3v) is 7.12. The fourth-order valence-electron chi connectivity index (χ4n) is 4.16.